The number of benzene rings is 2. The van der Waals surface area contributed by atoms with Crippen LogP contribution in [0.25, 0.3) is 11.1 Å². The number of amides is 1. The molecule has 1 aliphatic heterocycles. The summed E-state index contributed by atoms with van der Waals surface area (Å²) < 4.78 is 0. The Hall–Kier alpha value is -2.29. The fraction of sp³-hybridized carbons (Fsp3) is 0.350. The fourth-order valence-corrected chi connectivity index (χ4v) is 3.34. The van der Waals surface area contributed by atoms with Crippen LogP contribution in [0, 0.1) is 6.92 Å². The summed E-state index contributed by atoms with van der Waals surface area (Å²) in [5, 5.41) is 0. The van der Waals surface area contributed by atoms with Crippen molar-refractivity contribution in [3.05, 3.63) is 53.1 Å². The van der Waals surface area contributed by atoms with E-state index < -0.39 is 0 Å². The van der Waals surface area contributed by atoms with Gasteiger partial charge in [-0.15, -0.1) is 0 Å². The summed E-state index contributed by atoms with van der Waals surface area (Å²) in [6, 6.07) is 12.2. The number of nitrogens with zero attached hydrogens (tertiary/aromatic N) is 1. The summed E-state index contributed by atoms with van der Waals surface area (Å²) in [6.45, 7) is 5.80. The van der Waals surface area contributed by atoms with Crippen molar-refractivity contribution in [1.82, 2.24) is 4.90 Å². The molecule has 1 heterocycles. The third-order valence-corrected chi connectivity index (χ3v) is 4.53. The van der Waals surface area contributed by atoms with Crippen molar-refractivity contribution in [2.45, 2.75) is 39.7 Å². The molecule has 2 N–H and O–H groups in total. The molecule has 0 saturated carbocycles. The predicted octanol–water partition coefficient (Wildman–Crippen LogP) is 4.39. The SMILES string of the molecule is CCCCCN1Cc2cc(-c3cccc(N)c3)cc(C)c2C1=O. The number of carbonyl (C=O) groups is 1. The maximum atomic E-state index is 12.6. The van der Waals surface area contributed by atoms with E-state index in [-0.39, 0.29) is 5.91 Å². The van der Waals surface area contributed by atoms with E-state index in [1.54, 1.807) is 0 Å². The van der Waals surface area contributed by atoms with Crippen LogP contribution in [0.5, 0.6) is 0 Å². The standard InChI is InChI=1S/C20H24N2O/c1-3-4-5-9-22-13-17-11-16(10-14(2)19(17)20(22)23)15-7-6-8-18(21)12-15/h6-8,10-12H,3-5,9,13,21H2,1-2H3. The van der Waals surface area contributed by atoms with Gasteiger partial charge in [-0.05, 0) is 53.8 Å². The molecule has 2 aromatic rings. The van der Waals surface area contributed by atoms with Gasteiger partial charge in [0.25, 0.3) is 5.91 Å². The number of unbranched alkanes of at least 4 members (excludes halogenated alkanes) is 2. The number of rotatable bonds is 5. The van der Waals surface area contributed by atoms with E-state index in [0.717, 1.165) is 53.0 Å². The zero-order valence-corrected chi connectivity index (χ0v) is 13.9. The van der Waals surface area contributed by atoms with Gasteiger partial charge in [-0.1, -0.05) is 38.0 Å². The normalized spacial score (nSPS) is 13.5. The largest absolute Gasteiger partial charge is 0.399 e. The first kappa shape index (κ1) is 15.6. The summed E-state index contributed by atoms with van der Waals surface area (Å²) >= 11 is 0. The molecule has 2 aromatic carbocycles. The second-order valence-electron chi connectivity index (χ2n) is 6.39. The fourth-order valence-electron chi connectivity index (χ4n) is 3.34. The number of anilines is 1. The Morgan fingerprint density at radius 1 is 1.13 bits per heavy atom. The van der Waals surface area contributed by atoms with Crippen molar-refractivity contribution in [3.63, 3.8) is 0 Å². The maximum Gasteiger partial charge on any atom is 0.254 e. The van der Waals surface area contributed by atoms with E-state index in [4.69, 9.17) is 5.73 Å². The molecular formula is C20H24N2O. The Labute approximate surface area is 138 Å². The lowest BCUT2D eigenvalue weighted by Crippen LogP contribution is -2.25. The Morgan fingerprint density at radius 2 is 1.96 bits per heavy atom. The summed E-state index contributed by atoms with van der Waals surface area (Å²) in [4.78, 5) is 14.6. The highest BCUT2D eigenvalue weighted by Gasteiger charge is 2.28. The van der Waals surface area contributed by atoms with E-state index in [1.807, 2.05) is 30.0 Å². The van der Waals surface area contributed by atoms with Gasteiger partial charge in [0.15, 0.2) is 0 Å². The van der Waals surface area contributed by atoms with Gasteiger partial charge in [0, 0.05) is 24.3 Å². The van der Waals surface area contributed by atoms with Gasteiger partial charge in [-0.2, -0.15) is 0 Å². The molecule has 0 fully saturated rings. The number of fused-ring (bicyclic) bond motifs is 1. The molecule has 0 aliphatic carbocycles. The molecule has 0 saturated heterocycles. The lowest BCUT2D eigenvalue weighted by molar-refractivity contribution is 0.0775. The summed E-state index contributed by atoms with van der Waals surface area (Å²) in [7, 11) is 0. The molecule has 0 unspecified atom stereocenters. The molecule has 23 heavy (non-hydrogen) atoms. The zero-order valence-electron chi connectivity index (χ0n) is 13.9. The van der Waals surface area contributed by atoms with Gasteiger partial charge in [-0.25, -0.2) is 0 Å². The lowest BCUT2D eigenvalue weighted by atomic mass is 9.96. The number of hydrogen-bond donors (Lipinski definition) is 1. The number of aryl methyl sites for hydroxylation is 1. The van der Waals surface area contributed by atoms with Gasteiger partial charge >= 0.3 is 0 Å². The van der Waals surface area contributed by atoms with Crippen LogP contribution in [0.2, 0.25) is 0 Å². The quantitative estimate of drug-likeness (QED) is 0.657. The first-order valence-electron chi connectivity index (χ1n) is 8.39. The summed E-state index contributed by atoms with van der Waals surface area (Å²) in [5.74, 6) is 0.188. The van der Waals surface area contributed by atoms with Crippen LogP contribution < -0.4 is 5.73 Å². The Morgan fingerprint density at radius 3 is 2.70 bits per heavy atom. The van der Waals surface area contributed by atoms with Gasteiger partial charge < -0.3 is 10.6 Å². The lowest BCUT2D eigenvalue weighted by Gasteiger charge is -2.14. The van der Waals surface area contributed by atoms with Gasteiger partial charge in [0.1, 0.15) is 0 Å². The van der Waals surface area contributed by atoms with Crippen molar-refractivity contribution in [3.8, 4) is 11.1 Å². The Bertz CT molecular complexity index is 736. The van der Waals surface area contributed by atoms with Crippen LogP contribution in [-0.4, -0.2) is 17.4 Å². The molecule has 3 heteroatoms. The third kappa shape index (κ3) is 3.09. The molecule has 0 bridgehead atoms. The van der Waals surface area contributed by atoms with Gasteiger partial charge in [0.05, 0.1) is 0 Å². The second-order valence-corrected chi connectivity index (χ2v) is 6.39. The van der Waals surface area contributed by atoms with Crippen LogP contribution in [0.15, 0.2) is 36.4 Å². The van der Waals surface area contributed by atoms with E-state index in [0.29, 0.717) is 0 Å². The Balaban J connectivity index is 1.90. The molecule has 0 radical (unpaired) electrons. The van der Waals surface area contributed by atoms with Crippen molar-refractivity contribution >= 4 is 11.6 Å². The summed E-state index contributed by atoms with van der Waals surface area (Å²) in [6.07, 6.45) is 3.43. The van der Waals surface area contributed by atoms with Gasteiger partial charge in [0.2, 0.25) is 0 Å². The highest BCUT2D eigenvalue weighted by molar-refractivity contribution is 6.00. The molecular weight excluding hydrogens is 284 g/mol. The van der Waals surface area contributed by atoms with Crippen LogP contribution in [0.1, 0.15) is 47.7 Å². The molecule has 0 atom stereocenters. The molecule has 3 nitrogen and oxygen atoms in total. The zero-order chi connectivity index (χ0) is 16.4. The molecule has 1 aliphatic rings. The van der Waals surface area contributed by atoms with Gasteiger partial charge in [-0.3, -0.25) is 4.79 Å². The first-order chi connectivity index (χ1) is 11.1. The van der Waals surface area contributed by atoms with Crippen LogP contribution in [0.3, 0.4) is 0 Å². The average molecular weight is 308 g/mol. The van der Waals surface area contributed by atoms with Crippen LogP contribution in [0.4, 0.5) is 5.69 Å². The first-order valence-corrected chi connectivity index (χ1v) is 8.39. The average Bonchev–Trinajstić information content (AvgIpc) is 2.84. The predicted molar refractivity (Wildman–Crippen MR) is 95.3 cm³/mol. The van der Waals surface area contributed by atoms with Crippen molar-refractivity contribution in [2.75, 3.05) is 12.3 Å². The smallest absolute Gasteiger partial charge is 0.254 e. The molecule has 3 rings (SSSR count). The maximum absolute atomic E-state index is 12.6. The molecule has 1 amide bonds. The van der Waals surface area contributed by atoms with Crippen molar-refractivity contribution < 1.29 is 4.79 Å². The number of nitrogens with two attached hydrogens (primary N) is 1. The molecule has 0 spiro atoms. The van der Waals surface area contributed by atoms with Crippen LogP contribution >= 0.6 is 0 Å². The topological polar surface area (TPSA) is 46.3 Å². The number of nitrogen functional groups attached to an aromatic ring is 1. The monoisotopic (exact) mass is 308 g/mol. The highest BCUT2D eigenvalue weighted by Crippen LogP contribution is 2.32. The molecule has 120 valence electrons. The highest BCUT2D eigenvalue weighted by atomic mass is 16.2. The van der Waals surface area contributed by atoms with E-state index in [1.165, 1.54) is 12.8 Å². The van der Waals surface area contributed by atoms with Crippen molar-refractivity contribution in [2.24, 2.45) is 0 Å². The minimum Gasteiger partial charge on any atom is -0.399 e. The Kier molecular flexibility index (Phi) is 4.37. The molecule has 0 aromatic heterocycles. The van der Waals surface area contributed by atoms with E-state index in [9.17, 15) is 4.79 Å². The summed E-state index contributed by atoms with van der Waals surface area (Å²) in [5.41, 5.74) is 12.0. The van der Waals surface area contributed by atoms with Crippen LogP contribution in [-0.2, 0) is 6.54 Å². The number of hydrogen-bond acceptors (Lipinski definition) is 2. The third-order valence-electron chi connectivity index (χ3n) is 4.53. The van der Waals surface area contributed by atoms with Crippen molar-refractivity contribution in [1.29, 1.82) is 0 Å². The minimum absolute atomic E-state index is 0.188. The van der Waals surface area contributed by atoms with E-state index >= 15 is 0 Å². The van der Waals surface area contributed by atoms with E-state index in [2.05, 4.69) is 25.1 Å². The second kappa shape index (κ2) is 6.45. The minimum atomic E-state index is 0.188. The number of carbonyl (C=O) groups excluding carboxylic acids is 1.